The molecular formula is C12H16FNO3S. The number of hydrogen-bond donors (Lipinski definition) is 1. The highest BCUT2D eigenvalue weighted by molar-refractivity contribution is 7.89. The smallest absolute Gasteiger partial charge is 0.243 e. The van der Waals surface area contributed by atoms with Crippen molar-refractivity contribution in [2.24, 2.45) is 5.92 Å². The molecule has 2 atom stereocenters. The SMILES string of the molecule is CC1CCN(S(=O)(=O)c2ccc(F)cc2)C1CO. The molecule has 1 heterocycles. The molecule has 1 fully saturated rings. The summed E-state index contributed by atoms with van der Waals surface area (Å²) < 4.78 is 38.8. The molecule has 1 aliphatic heterocycles. The van der Waals surface area contributed by atoms with Crippen LogP contribution in [0, 0.1) is 11.7 Å². The Morgan fingerprint density at radius 1 is 1.39 bits per heavy atom. The summed E-state index contributed by atoms with van der Waals surface area (Å²) in [6, 6.07) is 4.37. The molecule has 100 valence electrons. The highest BCUT2D eigenvalue weighted by Crippen LogP contribution is 2.29. The monoisotopic (exact) mass is 273 g/mol. The first-order valence-corrected chi connectivity index (χ1v) is 7.29. The maximum Gasteiger partial charge on any atom is 0.243 e. The normalized spacial score (nSPS) is 25.5. The molecule has 0 bridgehead atoms. The van der Waals surface area contributed by atoms with Gasteiger partial charge in [-0.1, -0.05) is 6.92 Å². The van der Waals surface area contributed by atoms with Crippen LogP contribution in [0.1, 0.15) is 13.3 Å². The van der Waals surface area contributed by atoms with Crippen molar-refractivity contribution in [2.45, 2.75) is 24.3 Å². The van der Waals surface area contributed by atoms with Gasteiger partial charge in [-0.15, -0.1) is 0 Å². The molecule has 0 aromatic heterocycles. The fourth-order valence-corrected chi connectivity index (χ4v) is 4.01. The third-order valence-electron chi connectivity index (χ3n) is 3.44. The number of nitrogens with zero attached hydrogens (tertiary/aromatic N) is 1. The van der Waals surface area contributed by atoms with Gasteiger partial charge in [-0.3, -0.25) is 0 Å². The van der Waals surface area contributed by atoms with Crippen LogP contribution in [0.2, 0.25) is 0 Å². The molecule has 1 aromatic rings. The van der Waals surface area contributed by atoms with Crippen molar-refractivity contribution in [1.82, 2.24) is 4.31 Å². The molecule has 0 saturated carbocycles. The van der Waals surface area contributed by atoms with Crippen LogP contribution >= 0.6 is 0 Å². The van der Waals surface area contributed by atoms with E-state index in [0.29, 0.717) is 6.54 Å². The van der Waals surface area contributed by atoms with Gasteiger partial charge in [0.2, 0.25) is 10.0 Å². The van der Waals surface area contributed by atoms with Crippen LogP contribution in [0.25, 0.3) is 0 Å². The van der Waals surface area contributed by atoms with E-state index in [2.05, 4.69) is 0 Å². The van der Waals surface area contributed by atoms with Gasteiger partial charge >= 0.3 is 0 Å². The molecule has 2 unspecified atom stereocenters. The average Bonchev–Trinajstić information content (AvgIpc) is 2.71. The predicted octanol–water partition coefficient (Wildman–Crippen LogP) is 1.22. The third kappa shape index (κ3) is 2.28. The molecular weight excluding hydrogens is 257 g/mol. The summed E-state index contributed by atoms with van der Waals surface area (Å²) in [5, 5.41) is 9.30. The van der Waals surface area contributed by atoms with E-state index in [-0.39, 0.29) is 23.5 Å². The Morgan fingerprint density at radius 2 is 2.00 bits per heavy atom. The van der Waals surface area contributed by atoms with Crippen molar-refractivity contribution >= 4 is 10.0 Å². The lowest BCUT2D eigenvalue weighted by Crippen LogP contribution is -2.39. The molecule has 18 heavy (non-hydrogen) atoms. The highest BCUT2D eigenvalue weighted by Gasteiger charge is 2.39. The van der Waals surface area contributed by atoms with E-state index in [1.807, 2.05) is 6.92 Å². The van der Waals surface area contributed by atoms with Gasteiger partial charge in [0.15, 0.2) is 0 Å². The number of aliphatic hydroxyl groups is 1. The zero-order valence-corrected chi connectivity index (χ0v) is 10.9. The molecule has 6 heteroatoms. The number of hydrogen-bond acceptors (Lipinski definition) is 3. The van der Waals surface area contributed by atoms with Crippen LogP contribution < -0.4 is 0 Å². The van der Waals surface area contributed by atoms with E-state index in [1.165, 1.54) is 16.4 Å². The van der Waals surface area contributed by atoms with Gasteiger partial charge < -0.3 is 5.11 Å². The van der Waals surface area contributed by atoms with Gasteiger partial charge in [0.05, 0.1) is 17.5 Å². The fraction of sp³-hybridized carbons (Fsp3) is 0.500. The molecule has 0 amide bonds. The Hall–Kier alpha value is -0.980. The second-order valence-corrected chi connectivity index (χ2v) is 6.48. The topological polar surface area (TPSA) is 57.6 Å². The Morgan fingerprint density at radius 3 is 2.56 bits per heavy atom. The minimum absolute atomic E-state index is 0.0662. The van der Waals surface area contributed by atoms with Crippen LogP contribution in [-0.4, -0.2) is 37.0 Å². The van der Waals surface area contributed by atoms with Crippen molar-refractivity contribution in [3.05, 3.63) is 30.1 Å². The zero-order chi connectivity index (χ0) is 13.3. The van der Waals surface area contributed by atoms with E-state index in [0.717, 1.165) is 18.6 Å². The molecule has 4 nitrogen and oxygen atoms in total. The van der Waals surface area contributed by atoms with Gasteiger partial charge in [0.25, 0.3) is 0 Å². The minimum Gasteiger partial charge on any atom is -0.395 e. The van der Waals surface area contributed by atoms with Gasteiger partial charge in [0, 0.05) is 6.54 Å². The average molecular weight is 273 g/mol. The second kappa shape index (κ2) is 4.95. The number of halogens is 1. The lowest BCUT2D eigenvalue weighted by molar-refractivity contribution is 0.191. The summed E-state index contributed by atoms with van der Waals surface area (Å²) in [6.45, 7) is 2.12. The standard InChI is InChI=1S/C12H16FNO3S/c1-9-6-7-14(12(9)8-15)18(16,17)11-4-2-10(13)3-5-11/h2-5,9,12,15H,6-8H2,1H3. The molecule has 1 aliphatic rings. The van der Waals surface area contributed by atoms with E-state index >= 15 is 0 Å². The summed E-state index contributed by atoms with van der Waals surface area (Å²) in [5.41, 5.74) is 0. The lowest BCUT2D eigenvalue weighted by Gasteiger charge is -2.24. The number of rotatable bonds is 3. The first-order valence-electron chi connectivity index (χ1n) is 5.85. The van der Waals surface area contributed by atoms with Gasteiger partial charge in [-0.2, -0.15) is 4.31 Å². The lowest BCUT2D eigenvalue weighted by atomic mass is 10.0. The quantitative estimate of drug-likeness (QED) is 0.900. The predicted molar refractivity (Wildman–Crippen MR) is 64.9 cm³/mol. The maximum atomic E-state index is 12.8. The molecule has 1 saturated heterocycles. The Kier molecular flexibility index (Phi) is 3.70. The molecule has 0 radical (unpaired) electrons. The van der Waals surface area contributed by atoms with Crippen LogP contribution in [0.3, 0.4) is 0 Å². The summed E-state index contributed by atoms with van der Waals surface area (Å²) in [4.78, 5) is 0.0662. The van der Waals surface area contributed by atoms with E-state index < -0.39 is 15.8 Å². The Labute approximate surface area is 106 Å². The highest BCUT2D eigenvalue weighted by atomic mass is 32.2. The van der Waals surface area contributed by atoms with Crippen molar-refractivity contribution in [3.8, 4) is 0 Å². The van der Waals surface area contributed by atoms with Crippen molar-refractivity contribution in [2.75, 3.05) is 13.2 Å². The fourth-order valence-electron chi connectivity index (χ4n) is 2.28. The van der Waals surface area contributed by atoms with Crippen LogP contribution in [0.5, 0.6) is 0 Å². The van der Waals surface area contributed by atoms with Crippen LogP contribution in [-0.2, 0) is 10.0 Å². The molecule has 1 aromatic carbocycles. The molecule has 0 spiro atoms. The summed E-state index contributed by atoms with van der Waals surface area (Å²) in [5.74, 6) is -0.340. The van der Waals surface area contributed by atoms with E-state index in [4.69, 9.17) is 0 Å². The molecule has 0 aliphatic carbocycles. The molecule has 2 rings (SSSR count). The summed E-state index contributed by atoms with van der Waals surface area (Å²) >= 11 is 0. The van der Waals surface area contributed by atoms with Crippen molar-refractivity contribution < 1.29 is 17.9 Å². The Balaban J connectivity index is 2.34. The van der Waals surface area contributed by atoms with Crippen LogP contribution in [0.4, 0.5) is 4.39 Å². The van der Waals surface area contributed by atoms with Crippen molar-refractivity contribution in [3.63, 3.8) is 0 Å². The van der Waals surface area contributed by atoms with E-state index in [9.17, 15) is 17.9 Å². The summed E-state index contributed by atoms with van der Waals surface area (Å²) in [7, 11) is -3.64. The first-order chi connectivity index (χ1) is 8.46. The minimum atomic E-state index is -3.64. The maximum absolute atomic E-state index is 12.8. The third-order valence-corrected chi connectivity index (χ3v) is 5.38. The number of sulfonamides is 1. The second-order valence-electron chi connectivity index (χ2n) is 4.59. The van der Waals surface area contributed by atoms with Crippen molar-refractivity contribution in [1.29, 1.82) is 0 Å². The first kappa shape index (κ1) is 13.5. The van der Waals surface area contributed by atoms with Gasteiger partial charge in [-0.25, -0.2) is 12.8 Å². The molecule has 1 N–H and O–H groups in total. The van der Waals surface area contributed by atoms with Crippen LogP contribution in [0.15, 0.2) is 29.2 Å². The number of benzene rings is 1. The largest absolute Gasteiger partial charge is 0.395 e. The van der Waals surface area contributed by atoms with Gasteiger partial charge in [0.1, 0.15) is 5.82 Å². The van der Waals surface area contributed by atoms with Gasteiger partial charge in [-0.05, 0) is 36.6 Å². The van der Waals surface area contributed by atoms with E-state index in [1.54, 1.807) is 0 Å². The summed E-state index contributed by atoms with van der Waals surface area (Å²) in [6.07, 6.45) is 0.728. The zero-order valence-electron chi connectivity index (χ0n) is 10.1. The number of aliphatic hydroxyl groups excluding tert-OH is 1. The Bertz CT molecular complexity index is 515.